The van der Waals surface area contributed by atoms with Gasteiger partial charge in [-0.25, -0.2) is 0 Å². The van der Waals surface area contributed by atoms with Crippen LogP contribution in [0.15, 0.2) is 54.6 Å². The van der Waals surface area contributed by atoms with Gasteiger partial charge in [-0.15, -0.1) is 10.2 Å². The second-order valence-corrected chi connectivity index (χ2v) is 7.05. The van der Waals surface area contributed by atoms with Gasteiger partial charge in [-0.05, 0) is 37.1 Å². The van der Waals surface area contributed by atoms with Crippen molar-refractivity contribution in [1.82, 2.24) is 10.2 Å². The van der Waals surface area contributed by atoms with Crippen LogP contribution in [0.5, 0.6) is 0 Å². The lowest BCUT2D eigenvalue weighted by Gasteiger charge is -2.10. The lowest BCUT2D eigenvalue weighted by molar-refractivity contribution is 0.102. The van der Waals surface area contributed by atoms with Crippen molar-refractivity contribution in [3.8, 4) is 0 Å². The molecule has 1 heterocycles. The molecule has 2 amide bonds. The Kier molecular flexibility index (Phi) is 4.45. The molecule has 6 nitrogen and oxygen atoms in total. The normalized spacial score (nSPS) is 13.2. The number of benzene rings is 2. The highest BCUT2D eigenvalue weighted by atomic mass is 32.1. The van der Waals surface area contributed by atoms with Crippen LogP contribution < -0.4 is 10.6 Å². The van der Waals surface area contributed by atoms with Crippen molar-refractivity contribution in [3.05, 3.63) is 70.7 Å². The van der Waals surface area contributed by atoms with E-state index in [4.69, 9.17) is 0 Å². The molecule has 0 unspecified atom stereocenters. The minimum absolute atomic E-state index is 0.266. The predicted octanol–water partition coefficient (Wildman–Crippen LogP) is 3.92. The van der Waals surface area contributed by atoms with Crippen LogP contribution in [0.3, 0.4) is 0 Å². The van der Waals surface area contributed by atoms with Crippen LogP contribution in [0.25, 0.3) is 0 Å². The number of para-hydroxylation sites is 1. The Morgan fingerprint density at radius 2 is 1.62 bits per heavy atom. The zero-order valence-electron chi connectivity index (χ0n) is 13.8. The molecule has 1 saturated carbocycles. The average Bonchev–Trinajstić information content (AvgIpc) is 3.42. The van der Waals surface area contributed by atoms with Gasteiger partial charge in [0.15, 0.2) is 0 Å². The van der Waals surface area contributed by atoms with Crippen LogP contribution >= 0.6 is 11.3 Å². The Bertz CT molecular complexity index is 951. The molecule has 0 spiro atoms. The van der Waals surface area contributed by atoms with Gasteiger partial charge in [0.1, 0.15) is 5.01 Å². The molecule has 2 aromatic carbocycles. The number of amides is 2. The minimum atomic E-state index is -0.326. The molecular weight excluding hydrogens is 348 g/mol. The Hall–Kier alpha value is -3.06. The number of nitrogens with one attached hydrogen (secondary N) is 2. The molecule has 1 aliphatic rings. The summed E-state index contributed by atoms with van der Waals surface area (Å²) in [7, 11) is 0. The van der Waals surface area contributed by atoms with Crippen molar-refractivity contribution in [2.75, 3.05) is 10.6 Å². The lowest BCUT2D eigenvalue weighted by atomic mass is 10.1. The first-order valence-corrected chi connectivity index (χ1v) is 9.12. The summed E-state index contributed by atoms with van der Waals surface area (Å²) in [5, 5.41) is 15.2. The standard InChI is InChI=1S/C19H16N4O2S/c24-16(12-6-2-1-3-7-12)20-15-9-5-4-8-14(15)17(25)21-19-23-22-18(26-19)13-10-11-13/h1-9,13H,10-11H2,(H,20,24)(H,21,23,25). The SMILES string of the molecule is O=C(Nc1ccccc1C(=O)Nc1nnc(C2CC2)s1)c1ccccc1. The smallest absolute Gasteiger partial charge is 0.259 e. The number of hydrogen-bond donors (Lipinski definition) is 2. The van der Waals surface area contributed by atoms with Crippen molar-refractivity contribution in [3.63, 3.8) is 0 Å². The predicted molar refractivity (Wildman–Crippen MR) is 101 cm³/mol. The molecule has 0 saturated heterocycles. The number of nitrogens with zero attached hydrogens (tertiary/aromatic N) is 2. The largest absolute Gasteiger partial charge is 0.321 e. The monoisotopic (exact) mass is 364 g/mol. The molecule has 7 heteroatoms. The van der Waals surface area contributed by atoms with Crippen molar-refractivity contribution >= 4 is 34.0 Å². The maximum atomic E-state index is 12.6. The highest BCUT2D eigenvalue weighted by Gasteiger charge is 2.28. The Labute approximate surface area is 154 Å². The van der Waals surface area contributed by atoms with Gasteiger partial charge in [-0.1, -0.05) is 41.7 Å². The molecule has 4 rings (SSSR count). The molecule has 0 radical (unpaired) electrons. The average molecular weight is 364 g/mol. The fourth-order valence-electron chi connectivity index (χ4n) is 2.52. The second-order valence-electron chi connectivity index (χ2n) is 6.04. The molecule has 2 N–H and O–H groups in total. The topological polar surface area (TPSA) is 84.0 Å². The zero-order valence-corrected chi connectivity index (χ0v) is 14.6. The van der Waals surface area contributed by atoms with Crippen molar-refractivity contribution in [1.29, 1.82) is 0 Å². The van der Waals surface area contributed by atoms with E-state index in [1.165, 1.54) is 11.3 Å². The van der Waals surface area contributed by atoms with Crippen LogP contribution in [-0.4, -0.2) is 22.0 Å². The first kappa shape index (κ1) is 16.4. The van der Waals surface area contributed by atoms with E-state index in [0.29, 0.717) is 27.9 Å². The van der Waals surface area contributed by atoms with Crippen LogP contribution in [0, 0.1) is 0 Å². The van der Waals surface area contributed by atoms with E-state index in [2.05, 4.69) is 20.8 Å². The van der Waals surface area contributed by atoms with E-state index < -0.39 is 0 Å². The maximum Gasteiger partial charge on any atom is 0.259 e. The van der Waals surface area contributed by atoms with E-state index >= 15 is 0 Å². The summed E-state index contributed by atoms with van der Waals surface area (Å²) in [6.07, 6.45) is 2.27. The number of hydrogen-bond acceptors (Lipinski definition) is 5. The summed E-state index contributed by atoms with van der Waals surface area (Å²) in [4.78, 5) is 25.0. The highest BCUT2D eigenvalue weighted by Crippen LogP contribution is 2.42. The second kappa shape index (κ2) is 7.05. The van der Waals surface area contributed by atoms with Crippen molar-refractivity contribution in [2.24, 2.45) is 0 Å². The summed E-state index contributed by atoms with van der Waals surface area (Å²) < 4.78 is 0. The van der Waals surface area contributed by atoms with E-state index in [1.54, 1.807) is 48.5 Å². The van der Waals surface area contributed by atoms with Gasteiger partial charge in [-0.2, -0.15) is 0 Å². The number of aromatic nitrogens is 2. The summed E-state index contributed by atoms with van der Waals surface area (Å²) in [6.45, 7) is 0. The third kappa shape index (κ3) is 3.62. The van der Waals surface area contributed by atoms with Gasteiger partial charge in [0.2, 0.25) is 5.13 Å². The molecule has 26 heavy (non-hydrogen) atoms. The van der Waals surface area contributed by atoms with Gasteiger partial charge in [0.05, 0.1) is 11.3 Å². The third-order valence-electron chi connectivity index (χ3n) is 4.04. The van der Waals surface area contributed by atoms with Crippen LogP contribution in [-0.2, 0) is 0 Å². The molecule has 0 atom stereocenters. The maximum absolute atomic E-state index is 12.6. The summed E-state index contributed by atoms with van der Waals surface area (Å²) >= 11 is 1.40. The van der Waals surface area contributed by atoms with Gasteiger partial charge in [0, 0.05) is 11.5 Å². The van der Waals surface area contributed by atoms with Gasteiger partial charge in [-0.3, -0.25) is 14.9 Å². The molecular formula is C19H16N4O2S. The van der Waals surface area contributed by atoms with Crippen molar-refractivity contribution in [2.45, 2.75) is 18.8 Å². The molecule has 1 aromatic heterocycles. The van der Waals surface area contributed by atoms with Crippen molar-refractivity contribution < 1.29 is 9.59 Å². The van der Waals surface area contributed by atoms with E-state index in [-0.39, 0.29) is 11.8 Å². The highest BCUT2D eigenvalue weighted by molar-refractivity contribution is 7.15. The third-order valence-corrected chi connectivity index (χ3v) is 5.04. The fraction of sp³-hybridized carbons (Fsp3) is 0.158. The minimum Gasteiger partial charge on any atom is -0.321 e. The number of carbonyl (C=O) groups is 2. The van der Waals surface area contributed by atoms with E-state index in [0.717, 1.165) is 17.8 Å². The summed E-state index contributed by atoms with van der Waals surface area (Å²) in [5.74, 6) is -0.0964. The van der Waals surface area contributed by atoms with E-state index in [9.17, 15) is 9.59 Å². The number of carbonyl (C=O) groups excluding carboxylic acids is 2. The lowest BCUT2D eigenvalue weighted by Crippen LogP contribution is -2.18. The Balaban J connectivity index is 1.50. The van der Waals surface area contributed by atoms with E-state index in [1.807, 2.05) is 6.07 Å². The van der Waals surface area contributed by atoms with Crippen LogP contribution in [0.1, 0.15) is 44.5 Å². The van der Waals surface area contributed by atoms with Gasteiger partial charge >= 0.3 is 0 Å². The molecule has 1 aliphatic carbocycles. The first-order chi connectivity index (χ1) is 12.7. The molecule has 1 fully saturated rings. The molecule has 130 valence electrons. The molecule has 3 aromatic rings. The number of rotatable bonds is 5. The van der Waals surface area contributed by atoms with Crippen LogP contribution in [0.4, 0.5) is 10.8 Å². The fourth-order valence-corrected chi connectivity index (χ4v) is 3.43. The first-order valence-electron chi connectivity index (χ1n) is 8.31. The Morgan fingerprint density at radius 1 is 0.885 bits per heavy atom. The summed E-state index contributed by atoms with van der Waals surface area (Å²) in [6, 6.07) is 15.8. The quantitative estimate of drug-likeness (QED) is 0.719. The molecule has 0 bridgehead atoms. The molecule has 0 aliphatic heterocycles. The van der Waals surface area contributed by atoms with Gasteiger partial charge in [0.25, 0.3) is 11.8 Å². The van der Waals surface area contributed by atoms with Gasteiger partial charge < -0.3 is 5.32 Å². The van der Waals surface area contributed by atoms with Crippen LogP contribution in [0.2, 0.25) is 0 Å². The zero-order chi connectivity index (χ0) is 17.9. The number of anilines is 2. The Morgan fingerprint density at radius 3 is 2.38 bits per heavy atom. The summed E-state index contributed by atoms with van der Waals surface area (Å²) in [5.41, 5.74) is 1.35.